The molecule has 1 unspecified atom stereocenters. The summed E-state index contributed by atoms with van der Waals surface area (Å²) in [6.07, 6.45) is 0.0382. The lowest BCUT2D eigenvalue weighted by molar-refractivity contribution is -0.115. The molecule has 0 saturated heterocycles. The third-order valence-corrected chi connectivity index (χ3v) is 2.27. The molecule has 0 saturated carbocycles. The second kappa shape index (κ2) is 6.98. The van der Waals surface area contributed by atoms with Gasteiger partial charge in [0.25, 0.3) is 0 Å². The fourth-order valence-corrected chi connectivity index (χ4v) is 1.23. The highest BCUT2D eigenvalue weighted by atomic mass is 19.1. The predicted molar refractivity (Wildman–Crippen MR) is 64.4 cm³/mol. The van der Waals surface area contributed by atoms with Crippen LogP contribution < -0.4 is 10.6 Å². The van der Waals surface area contributed by atoms with Gasteiger partial charge in [-0.25, -0.2) is 4.39 Å². The summed E-state index contributed by atoms with van der Waals surface area (Å²) in [5.74, 6) is -0.718. The second-order valence-electron chi connectivity index (χ2n) is 3.71. The number of methoxy groups -OCH3 is 1. The number of benzene rings is 1. The Balaban J connectivity index is 2.33. The van der Waals surface area contributed by atoms with Gasteiger partial charge in [-0.2, -0.15) is 0 Å². The predicted octanol–water partition coefficient (Wildman–Crippen LogP) is 1.39. The van der Waals surface area contributed by atoms with Crippen LogP contribution in [0.2, 0.25) is 0 Å². The van der Waals surface area contributed by atoms with Gasteiger partial charge in [-0.1, -0.05) is 12.1 Å². The number of amides is 1. The molecule has 0 aliphatic rings. The van der Waals surface area contributed by atoms with Crippen LogP contribution in [0.15, 0.2) is 24.3 Å². The average Bonchev–Trinajstić information content (AvgIpc) is 2.32. The third kappa shape index (κ3) is 4.93. The van der Waals surface area contributed by atoms with E-state index in [9.17, 15) is 9.18 Å². The number of carbonyl (C=O) groups excluding carboxylic acids is 1. The number of carbonyl (C=O) groups is 1. The molecule has 1 atom stereocenters. The minimum atomic E-state index is -0.439. The van der Waals surface area contributed by atoms with Gasteiger partial charge >= 0.3 is 0 Å². The molecule has 1 aromatic carbocycles. The van der Waals surface area contributed by atoms with E-state index in [0.717, 1.165) is 0 Å². The van der Waals surface area contributed by atoms with Crippen molar-refractivity contribution in [2.75, 3.05) is 25.5 Å². The number of hydrogen-bond donors (Lipinski definition) is 2. The summed E-state index contributed by atoms with van der Waals surface area (Å²) in [4.78, 5) is 11.5. The molecule has 5 heteroatoms. The zero-order valence-electron chi connectivity index (χ0n) is 10.00. The first-order chi connectivity index (χ1) is 8.13. The van der Waals surface area contributed by atoms with E-state index in [1.807, 2.05) is 6.92 Å². The Morgan fingerprint density at radius 2 is 2.18 bits per heavy atom. The molecule has 94 valence electrons. The number of rotatable bonds is 6. The van der Waals surface area contributed by atoms with Crippen LogP contribution in [0.3, 0.4) is 0 Å². The SMILES string of the molecule is COC(C)CNCC(=O)Nc1ccccc1F. The van der Waals surface area contributed by atoms with Crippen molar-refractivity contribution in [3.8, 4) is 0 Å². The molecule has 1 aromatic rings. The lowest BCUT2D eigenvalue weighted by Gasteiger charge is -2.11. The number of hydrogen-bond acceptors (Lipinski definition) is 3. The van der Waals surface area contributed by atoms with Crippen molar-refractivity contribution < 1.29 is 13.9 Å². The highest BCUT2D eigenvalue weighted by Gasteiger charge is 2.06. The van der Waals surface area contributed by atoms with Gasteiger partial charge in [0.2, 0.25) is 5.91 Å². The number of nitrogens with one attached hydrogen (secondary N) is 2. The van der Waals surface area contributed by atoms with Gasteiger partial charge in [0, 0.05) is 13.7 Å². The van der Waals surface area contributed by atoms with Crippen LogP contribution in [0.25, 0.3) is 0 Å². The van der Waals surface area contributed by atoms with E-state index in [2.05, 4.69) is 10.6 Å². The lowest BCUT2D eigenvalue weighted by atomic mass is 10.3. The molecule has 0 heterocycles. The van der Waals surface area contributed by atoms with Crippen molar-refractivity contribution in [3.63, 3.8) is 0 Å². The first-order valence-electron chi connectivity index (χ1n) is 5.41. The number of anilines is 1. The third-order valence-electron chi connectivity index (χ3n) is 2.27. The van der Waals surface area contributed by atoms with Crippen LogP contribution in [-0.4, -0.2) is 32.2 Å². The van der Waals surface area contributed by atoms with Crippen LogP contribution in [-0.2, 0) is 9.53 Å². The quantitative estimate of drug-likeness (QED) is 0.790. The van der Waals surface area contributed by atoms with E-state index >= 15 is 0 Å². The molecule has 0 spiro atoms. The molecule has 2 N–H and O–H groups in total. The first-order valence-corrected chi connectivity index (χ1v) is 5.41. The summed E-state index contributed by atoms with van der Waals surface area (Å²) in [6.45, 7) is 2.59. The van der Waals surface area contributed by atoms with Gasteiger partial charge in [-0.3, -0.25) is 4.79 Å². The van der Waals surface area contributed by atoms with E-state index < -0.39 is 5.82 Å². The van der Waals surface area contributed by atoms with E-state index in [-0.39, 0.29) is 24.2 Å². The van der Waals surface area contributed by atoms with Gasteiger partial charge in [0.15, 0.2) is 0 Å². The summed E-state index contributed by atoms with van der Waals surface area (Å²) < 4.78 is 18.2. The maximum absolute atomic E-state index is 13.2. The van der Waals surface area contributed by atoms with Gasteiger partial charge in [-0.05, 0) is 19.1 Å². The van der Waals surface area contributed by atoms with E-state index in [1.54, 1.807) is 19.2 Å². The normalized spacial score (nSPS) is 12.2. The summed E-state index contributed by atoms with van der Waals surface area (Å²) in [5.41, 5.74) is 0.194. The molecule has 0 aliphatic carbocycles. The Morgan fingerprint density at radius 1 is 1.47 bits per heavy atom. The Kier molecular flexibility index (Phi) is 5.59. The Hall–Kier alpha value is -1.46. The van der Waals surface area contributed by atoms with Crippen LogP contribution >= 0.6 is 0 Å². The van der Waals surface area contributed by atoms with Crippen LogP contribution in [0.4, 0.5) is 10.1 Å². The van der Waals surface area contributed by atoms with Crippen LogP contribution in [0, 0.1) is 5.82 Å². The Morgan fingerprint density at radius 3 is 2.82 bits per heavy atom. The molecule has 17 heavy (non-hydrogen) atoms. The summed E-state index contributed by atoms with van der Waals surface area (Å²) in [5, 5.41) is 5.40. The highest BCUT2D eigenvalue weighted by Crippen LogP contribution is 2.11. The first kappa shape index (κ1) is 13.6. The average molecular weight is 240 g/mol. The molecule has 0 aromatic heterocycles. The van der Waals surface area contributed by atoms with Gasteiger partial charge in [0.05, 0.1) is 18.3 Å². The summed E-state index contributed by atoms with van der Waals surface area (Å²) in [7, 11) is 1.60. The fraction of sp³-hybridized carbons (Fsp3) is 0.417. The standard InChI is InChI=1S/C12H17FN2O2/c1-9(17-2)7-14-8-12(16)15-11-6-4-3-5-10(11)13/h3-6,9,14H,7-8H2,1-2H3,(H,15,16). The van der Waals surface area contributed by atoms with E-state index in [0.29, 0.717) is 6.54 Å². The minimum Gasteiger partial charge on any atom is -0.380 e. The minimum absolute atomic E-state index is 0.0382. The van der Waals surface area contributed by atoms with Gasteiger partial charge in [0.1, 0.15) is 5.82 Å². The van der Waals surface area contributed by atoms with Crippen molar-refractivity contribution in [1.29, 1.82) is 0 Å². The summed E-state index contributed by atoms with van der Waals surface area (Å²) >= 11 is 0. The molecule has 0 radical (unpaired) electrons. The fourth-order valence-electron chi connectivity index (χ4n) is 1.23. The zero-order chi connectivity index (χ0) is 12.7. The molecule has 0 fully saturated rings. The van der Waals surface area contributed by atoms with Crippen molar-refractivity contribution in [2.45, 2.75) is 13.0 Å². The topological polar surface area (TPSA) is 50.4 Å². The van der Waals surface area contributed by atoms with Crippen molar-refractivity contribution in [1.82, 2.24) is 5.32 Å². The molecule has 1 amide bonds. The zero-order valence-corrected chi connectivity index (χ0v) is 10.00. The molecule has 4 nitrogen and oxygen atoms in total. The number of halogens is 1. The Labute approximate surface area is 100 Å². The molecule has 1 rings (SSSR count). The molecular formula is C12H17FN2O2. The van der Waals surface area contributed by atoms with Crippen molar-refractivity contribution in [2.24, 2.45) is 0 Å². The summed E-state index contributed by atoms with van der Waals surface area (Å²) in [6, 6.07) is 6.06. The monoisotopic (exact) mass is 240 g/mol. The lowest BCUT2D eigenvalue weighted by Crippen LogP contribution is -2.33. The number of ether oxygens (including phenoxy) is 1. The number of para-hydroxylation sites is 1. The molecule has 0 aliphatic heterocycles. The van der Waals surface area contributed by atoms with E-state index in [1.165, 1.54) is 12.1 Å². The van der Waals surface area contributed by atoms with Gasteiger partial charge in [-0.15, -0.1) is 0 Å². The molecule has 0 bridgehead atoms. The second-order valence-corrected chi connectivity index (χ2v) is 3.71. The Bertz CT molecular complexity index is 371. The maximum atomic E-state index is 13.2. The highest BCUT2D eigenvalue weighted by molar-refractivity contribution is 5.92. The van der Waals surface area contributed by atoms with Crippen LogP contribution in [0.5, 0.6) is 0 Å². The van der Waals surface area contributed by atoms with E-state index in [4.69, 9.17) is 4.74 Å². The smallest absolute Gasteiger partial charge is 0.238 e. The van der Waals surface area contributed by atoms with Crippen molar-refractivity contribution in [3.05, 3.63) is 30.1 Å². The molecular weight excluding hydrogens is 223 g/mol. The van der Waals surface area contributed by atoms with Crippen molar-refractivity contribution >= 4 is 11.6 Å². The maximum Gasteiger partial charge on any atom is 0.238 e. The van der Waals surface area contributed by atoms with Gasteiger partial charge < -0.3 is 15.4 Å². The largest absolute Gasteiger partial charge is 0.380 e. The van der Waals surface area contributed by atoms with Crippen LogP contribution in [0.1, 0.15) is 6.92 Å².